The van der Waals surface area contributed by atoms with Gasteiger partial charge < -0.3 is 5.32 Å². The Balaban J connectivity index is 1.97. The Bertz CT molecular complexity index is 303. The molecule has 0 amide bonds. The minimum Gasteiger partial charge on any atom is -0.304 e. The number of halogens is 1. The second kappa shape index (κ2) is 4.60. The van der Waals surface area contributed by atoms with Gasteiger partial charge >= 0.3 is 0 Å². The highest BCUT2D eigenvalue weighted by molar-refractivity contribution is 9.11. The Morgan fingerprint density at radius 3 is 3.00 bits per heavy atom. The molecule has 1 aromatic rings. The summed E-state index contributed by atoms with van der Waals surface area (Å²) in [6.07, 6.45) is 2.73. The van der Waals surface area contributed by atoms with Crippen LogP contribution >= 0.6 is 27.3 Å². The molecule has 1 nitrogen and oxygen atoms in total. The van der Waals surface area contributed by atoms with Crippen LogP contribution in [0.3, 0.4) is 0 Å². The first kappa shape index (κ1) is 10.4. The Kier molecular flexibility index (Phi) is 3.42. The summed E-state index contributed by atoms with van der Waals surface area (Å²) >= 11 is 5.23. The molecule has 3 heteroatoms. The molecular weight excluding hydrogens is 258 g/mol. The lowest BCUT2D eigenvalue weighted by Crippen LogP contribution is -2.23. The molecule has 1 saturated carbocycles. The minimum atomic E-state index is 0.546. The zero-order valence-electron chi connectivity index (χ0n) is 8.00. The lowest BCUT2D eigenvalue weighted by molar-refractivity contribution is 0.514. The van der Waals surface area contributed by atoms with Gasteiger partial charge in [0.1, 0.15) is 0 Å². The Morgan fingerprint density at radius 2 is 2.50 bits per heavy atom. The third-order valence-electron chi connectivity index (χ3n) is 2.46. The lowest BCUT2D eigenvalue weighted by atomic mass is 10.1. The molecule has 0 radical (unpaired) electrons. The van der Waals surface area contributed by atoms with Gasteiger partial charge in [0.15, 0.2) is 0 Å². The van der Waals surface area contributed by atoms with E-state index in [2.05, 4.69) is 45.3 Å². The first-order valence-corrected chi connectivity index (χ1v) is 6.54. The van der Waals surface area contributed by atoms with Crippen LogP contribution in [-0.2, 0) is 0 Å². The van der Waals surface area contributed by atoms with Gasteiger partial charge in [-0.1, -0.05) is 28.6 Å². The summed E-state index contributed by atoms with van der Waals surface area (Å²) < 4.78 is 1.03. The predicted octanol–water partition coefficient (Wildman–Crippen LogP) is 3.70. The van der Waals surface area contributed by atoms with Crippen LogP contribution < -0.4 is 5.32 Å². The molecule has 1 aliphatic rings. The Morgan fingerprint density at radius 1 is 1.71 bits per heavy atom. The topological polar surface area (TPSA) is 12.0 Å². The molecule has 1 fully saturated rings. The molecular formula is C11H14BrNS. The summed E-state index contributed by atoms with van der Waals surface area (Å²) in [5.74, 6) is 0.848. The molecule has 76 valence electrons. The largest absolute Gasteiger partial charge is 0.304 e. The Labute approximate surface area is 97.3 Å². The van der Waals surface area contributed by atoms with Crippen LogP contribution in [0.5, 0.6) is 0 Å². The van der Waals surface area contributed by atoms with E-state index in [9.17, 15) is 0 Å². The second-order valence-corrected chi connectivity index (χ2v) is 5.83. The van der Waals surface area contributed by atoms with Crippen LogP contribution in [0, 0.1) is 5.92 Å². The highest BCUT2D eigenvalue weighted by Crippen LogP contribution is 2.42. The molecule has 0 saturated heterocycles. The number of hydrogen-bond donors (Lipinski definition) is 1. The number of thiophene rings is 1. The monoisotopic (exact) mass is 271 g/mol. The van der Waals surface area contributed by atoms with Gasteiger partial charge in [-0.05, 0) is 30.2 Å². The van der Waals surface area contributed by atoms with Crippen molar-refractivity contribution < 1.29 is 0 Å². The van der Waals surface area contributed by atoms with Crippen LogP contribution in [0.4, 0.5) is 0 Å². The number of rotatable bonds is 5. The molecule has 1 aromatic heterocycles. The van der Waals surface area contributed by atoms with E-state index >= 15 is 0 Å². The maximum Gasteiger partial charge on any atom is 0.0446 e. The Hall–Kier alpha value is -0.120. The molecule has 1 aliphatic carbocycles. The summed E-state index contributed by atoms with van der Waals surface area (Å²) in [5, 5.41) is 5.70. The van der Waals surface area contributed by atoms with Crippen molar-refractivity contribution in [3.05, 3.63) is 33.5 Å². The maximum absolute atomic E-state index is 3.85. The smallest absolute Gasteiger partial charge is 0.0446 e. The third-order valence-corrected chi connectivity index (χ3v) is 3.69. The molecule has 2 rings (SSSR count). The first-order valence-electron chi connectivity index (χ1n) is 4.87. The number of nitrogens with one attached hydrogen (secondary N) is 1. The highest BCUT2D eigenvalue weighted by Gasteiger charge is 2.32. The van der Waals surface area contributed by atoms with Crippen molar-refractivity contribution in [2.24, 2.45) is 5.92 Å². The molecule has 0 aliphatic heterocycles. The van der Waals surface area contributed by atoms with E-state index < -0.39 is 0 Å². The summed E-state index contributed by atoms with van der Waals surface area (Å²) in [7, 11) is 0. The van der Waals surface area contributed by atoms with Crippen LogP contribution in [0.1, 0.15) is 23.8 Å². The molecule has 0 aromatic carbocycles. The molecule has 1 atom stereocenters. The molecule has 0 bridgehead atoms. The zero-order chi connectivity index (χ0) is 9.97. The third kappa shape index (κ3) is 2.69. The molecule has 14 heavy (non-hydrogen) atoms. The normalized spacial score (nSPS) is 18.1. The van der Waals surface area contributed by atoms with Crippen LogP contribution in [-0.4, -0.2) is 6.54 Å². The lowest BCUT2D eigenvalue weighted by Gasteiger charge is -2.16. The van der Waals surface area contributed by atoms with Crippen molar-refractivity contribution in [1.82, 2.24) is 5.32 Å². The van der Waals surface area contributed by atoms with E-state index in [1.807, 2.05) is 11.3 Å². The minimum absolute atomic E-state index is 0.546. The van der Waals surface area contributed by atoms with Gasteiger partial charge in [-0.3, -0.25) is 0 Å². The van der Waals surface area contributed by atoms with E-state index in [0.717, 1.165) is 16.9 Å². The van der Waals surface area contributed by atoms with Gasteiger partial charge in [-0.15, -0.1) is 11.3 Å². The van der Waals surface area contributed by atoms with E-state index in [4.69, 9.17) is 0 Å². The van der Waals surface area contributed by atoms with Crippen LogP contribution in [0.2, 0.25) is 0 Å². The van der Waals surface area contributed by atoms with Crippen molar-refractivity contribution in [2.75, 3.05) is 6.54 Å². The maximum atomic E-state index is 3.85. The fourth-order valence-corrected chi connectivity index (χ4v) is 2.67. The predicted molar refractivity (Wildman–Crippen MR) is 65.9 cm³/mol. The van der Waals surface area contributed by atoms with E-state index in [1.54, 1.807) is 0 Å². The molecule has 1 heterocycles. The first-order chi connectivity index (χ1) is 6.77. The standard InChI is InChI=1S/C11H14BrNS/c1-8(12)7-13-11(9-4-5-9)10-3-2-6-14-10/h2-3,6,9,11,13H,1,4-5,7H2. The summed E-state index contributed by atoms with van der Waals surface area (Å²) in [6, 6.07) is 4.89. The highest BCUT2D eigenvalue weighted by atomic mass is 79.9. The fraction of sp³-hybridized carbons (Fsp3) is 0.455. The SMILES string of the molecule is C=C(Br)CNC(c1cccs1)C1CC1. The van der Waals surface area contributed by atoms with Gasteiger partial charge in [0, 0.05) is 21.9 Å². The summed E-state index contributed by atoms with van der Waals surface area (Å²) in [5.41, 5.74) is 0. The fourth-order valence-electron chi connectivity index (χ4n) is 1.62. The average molecular weight is 272 g/mol. The van der Waals surface area contributed by atoms with E-state index in [0.29, 0.717) is 6.04 Å². The summed E-state index contributed by atoms with van der Waals surface area (Å²) in [4.78, 5) is 1.46. The summed E-state index contributed by atoms with van der Waals surface area (Å²) in [6.45, 7) is 4.71. The van der Waals surface area contributed by atoms with Gasteiger partial charge in [0.05, 0.1) is 0 Å². The molecule has 1 unspecified atom stereocenters. The van der Waals surface area contributed by atoms with Crippen molar-refractivity contribution in [3.63, 3.8) is 0 Å². The molecule has 1 N–H and O–H groups in total. The van der Waals surface area contributed by atoms with Gasteiger partial charge in [-0.25, -0.2) is 0 Å². The number of hydrogen-bond acceptors (Lipinski definition) is 2. The van der Waals surface area contributed by atoms with E-state index in [-0.39, 0.29) is 0 Å². The van der Waals surface area contributed by atoms with Crippen molar-refractivity contribution >= 4 is 27.3 Å². The van der Waals surface area contributed by atoms with Crippen LogP contribution in [0.25, 0.3) is 0 Å². The zero-order valence-corrected chi connectivity index (χ0v) is 10.4. The van der Waals surface area contributed by atoms with Gasteiger partial charge in [-0.2, -0.15) is 0 Å². The van der Waals surface area contributed by atoms with Crippen molar-refractivity contribution in [1.29, 1.82) is 0 Å². The van der Waals surface area contributed by atoms with Crippen molar-refractivity contribution in [3.8, 4) is 0 Å². The van der Waals surface area contributed by atoms with Gasteiger partial charge in [0.25, 0.3) is 0 Å². The van der Waals surface area contributed by atoms with Gasteiger partial charge in [0.2, 0.25) is 0 Å². The molecule has 0 spiro atoms. The second-order valence-electron chi connectivity index (χ2n) is 3.73. The quantitative estimate of drug-likeness (QED) is 0.861. The van der Waals surface area contributed by atoms with E-state index in [1.165, 1.54) is 17.7 Å². The average Bonchev–Trinajstić information content (AvgIpc) is 2.81. The van der Waals surface area contributed by atoms with Crippen LogP contribution in [0.15, 0.2) is 28.6 Å². The van der Waals surface area contributed by atoms with Crippen molar-refractivity contribution in [2.45, 2.75) is 18.9 Å².